The van der Waals surface area contributed by atoms with Gasteiger partial charge in [-0.1, -0.05) is 24.3 Å². The van der Waals surface area contributed by atoms with Crippen LogP contribution in [0.4, 0.5) is 11.4 Å². The molecule has 0 amide bonds. The van der Waals surface area contributed by atoms with E-state index in [2.05, 4.69) is 11.5 Å². The number of benzene rings is 2. The first-order valence-electron chi connectivity index (χ1n) is 6.51. The van der Waals surface area contributed by atoms with Crippen LogP contribution in [-0.2, 0) is 4.74 Å². The molecule has 2 aromatic carbocycles. The van der Waals surface area contributed by atoms with Gasteiger partial charge < -0.3 is 16.2 Å². The molecule has 21 heavy (non-hydrogen) atoms. The van der Waals surface area contributed by atoms with Crippen molar-refractivity contribution in [1.82, 2.24) is 0 Å². The quantitative estimate of drug-likeness (QED) is 0.637. The number of esters is 2. The van der Waals surface area contributed by atoms with E-state index in [4.69, 9.17) is 4.74 Å². The van der Waals surface area contributed by atoms with Crippen molar-refractivity contribution in [3.8, 4) is 0 Å². The summed E-state index contributed by atoms with van der Waals surface area (Å²) in [6, 6.07) is 10.5. The van der Waals surface area contributed by atoms with Crippen LogP contribution in [0.3, 0.4) is 0 Å². The molecular formula is C16H18N2O3+2. The van der Waals surface area contributed by atoms with Crippen molar-refractivity contribution in [2.75, 3.05) is 0 Å². The molecular weight excluding hydrogens is 268 g/mol. The summed E-state index contributed by atoms with van der Waals surface area (Å²) in [6.07, 6.45) is 0. The van der Waals surface area contributed by atoms with Crippen LogP contribution >= 0.6 is 0 Å². The Hall–Kier alpha value is -2.50. The second-order valence-electron chi connectivity index (χ2n) is 4.90. The number of ether oxygens (including phenoxy) is 1. The van der Waals surface area contributed by atoms with E-state index in [-0.39, 0.29) is 0 Å². The lowest BCUT2D eigenvalue weighted by Crippen LogP contribution is -2.43. The summed E-state index contributed by atoms with van der Waals surface area (Å²) in [5.74, 6) is -1.38. The number of hydrogen-bond acceptors (Lipinski definition) is 3. The number of carbonyl (C=O) groups is 2. The summed E-state index contributed by atoms with van der Waals surface area (Å²) in [4.78, 5) is 24.4. The maximum atomic E-state index is 12.2. The second kappa shape index (κ2) is 5.87. The number of aryl methyl sites for hydroxylation is 2. The molecule has 0 aliphatic rings. The smallest absolute Gasteiger partial charge is 0.352 e. The minimum absolute atomic E-state index is 0.324. The predicted molar refractivity (Wildman–Crippen MR) is 77.2 cm³/mol. The average Bonchev–Trinajstić information content (AvgIpc) is 2.38. The van der Waals surface area contributed by atoms with Crippen molar-refractivity contribution >= 4 is 23.3 Å². The zero-order valence-electron chi connectivity index (χ0n) is 12.1. The highest BCUT2D eigenvalue weighted by Gasteiger charge is 2.23. The van der Waals surface area contributed by atoms with Crippen LogP contribution in [0.2, 0.25) is 0 Å². The van der Waals surface area contributed by atoms with Crippen molar-refractivity contribution in [3.05, 3.63) is 58.7 Å². The van der Waals surface area contributed by atoms with Crippen LogP contribution in [0.25, 0.3) is 0 Å². The fourth-order valence-corrected chi connectivity index (χ4v) is 2.23. The van der Waals surface area contributed by atoms with Gasteiger partial charge in [0.2, 0.25) is 0 Å². The molecule has 0 fully saturated rings. The molecule has 0 saturated heterocycles. The van der Waals surface area contributed by atoms with E-state index in [0.717, 1.165) is 11.1 Å². The van der Waals surface area contributed by atoms with Gasteiger partial charge in [-0.05, 0) is 37.1 Å². The molecule has 5 heteroatoms. The largest absolute Gasteiger partial charge is 0.385 e. The Bertz CT molecular complexity index is 621. The van der Waals surface area contributed by atoms with Crippen molar-refractivity contribution in [3.63, 3.8) is 0 Å². The first kappa shape index (κ1) is 14.9. The highest BCUT2D eigenvalue weighted by molar-refractivity contribution is 6.07. The summed E-state index contributed by atoms with van der Waals surface area (Å²) in [7, 11) is 0. The minimum Gasteiger partial charge on any atom is -0.385 e. The average molecular weight is 286 g/mol. The fourth-order valence-electron chi connectivity index (χ4n) is 2.23. The van der Waals surface area contributed by atoms with Crippen molar-refractivity contribution < 1.29 is 25.8 Å². The first-order chi connectivity index (χ1) is 9.91. The van der Waals surface area contributed by atoms with Gasteiger partial charge in [-0.25, -0.2) is 9.59 Å². The highest BCUT2D eigenvalue weighted by atomic mass is 16.6. The zero-order valence-corrected chi connectivity index (χ0v) is 12.1. The van der Waals surface area contributed by atoms with Crippen molar-refractivity contribution in [2.45, 2.75) is 13.8 Å². The van der Waals surface area contributed by atoms with Gasteiger partial charge >= 0.3 is 11.9 Å². The molecule has 0 atom stereocenters. The topological polar surface area (TPSA) is 98.6 Å². The molecule has 6 N–H and O–H groups in total. The Labute approximate surface area is 122 Å². The molecule has 5 nitrogen and oxygen atoms in total. The van der Waals surface area contributed by atoms with E-state index in [9.17, 15) is 9.59 Å². The van der Waals surface area contributed by atoms with Gasteiger partial charge in [0.25, 0.3) is 0 Å². The van der Waals surface area contributed by atoms with Gasteiger partial charge in [-0.3, -0.25) is 0 Å². The third kappa shape index (κ3) is 2.99. The summed E-state index contributed by atoms with van der Waals surface area (Å²) in [5.41, 5.74) is 10.7. The molecule has 0 radical (unpaired) electrons. The molecule has 2 aromatic rings. The van der Waals surface area contributed by atoms with Crippen LogP contribution in [-0.4, -0.2) is 11.9 Å². The molecule has 0 unspecified atom stereocenters. The summed E-state index contributed by atoms with van der Waals surface area (Å²) < 4.78 is 4.99. The second-order valence-corrected chi connectivity index (χ2v) is 4.90. The third-order valence-electron chi connectivity index (χ3n) is 3.31. The Balaban J connectivity index is 2.30. The van der Waals surface area contributed by atoms with Crippen LogP contribution in [0, 0.1) is 13.8 Å². The lowest BCUT2D eigenvalue weighted by Gasteiger charge is -2.08. The molecule has 0 heterocycles. The normalized spacial score (nSPS) is 10.3. The first-order valence-corrected chi connectivity index (χ1v) is 6.51. The van der Waals surface area contributed by atoms with Crippen LogP contribution in [0.5, 0.6) is 0 Å². The van der Waals surface area contributed by atoms with Gasteiger partial charge in [0.1, 0.15) is 22.5 Å². The molecule has 108 valence electrons. The molecule has 0 spiro atoms. The van der Waals surface area contributed by atoms with Crippen LogP contribution in [0.15, 0.2) is 36.4 Å². The Morgan fingerprint density at radius 2 is 1.19 bits per heavy atom. The predicted octanol–water partition coefficient (Wildman–Crippen LogP) is 1.05. The number of rotatable bonds is 2. The van der Waals surface area contributed by atoms with E-state index < -0.39 is 11.9 Å². The summed E-state index contributed by atoms with van der Waals surface area (Å²) in [6.45, 7) is 3.55. The van der Waals surface area contributed by atoms with E-state index in [1.54, 1.807) is 50.2 Å². The van der Waals surface area contributed by atoms with Crippen molar-refractivity contribution in [2.24, 2.45) is 0 Å². The molecule has 0 saturated carbocycles. The number of quaternary nitrogens is 2. The summed E-state index contributed by atoms with van der Waals surface area (Å²) >= 11 is 0. The lowest BCUT2D eigenvalue weighted by molar-refractivity contribution is -0.255. The minimum atomic E-state index is -0.689. The SMILES string of the molecule is Cc1cccc([NH3+])c1C(=O)OC(=O)c1c(C)cccc1[NH3+]. The highest BCUT2D eigenvalue weighted by Crippen LogP contribution is 2.20. The Morgan fingerprint density at radius 1 is 0.810 bits per heavy atom. The Morgan fingerprint density at radius 3 is 1.52 bits per heavy atom. The standard InChI is InChI=1S/C16H16N2O3/c1-9-5-3-7-11(17)13(9)15(19)21-16(20)14-10(2)6-4-8-12(14)18/h3-8H,17-18H2,1-2H3/p+2. The third-order valence-corrected chi connectivity index (χ3v) is 3.31. The number of carbonyl (C=O) groups excluding carboxylic acids is 2. The fraction of sp³-hybridized carbons (Fsp3) is 0.125. The monoisotopic (exact) mass is 286 g/mol. The van der Waals surface area contributed by atoms with E-state index in [0.29, 0.717) is 22.5 Å². The molecule has 0 aromatic heterocycles. The molecule has 2 rings (SSSR count). The maximum absolute atomic E-state index is 12.2. The molecule has 0 bridgehead atoms. The van der Waals surface area contributed by atoms with Crippen molar-refractivity contribution in [1.29, 1.82) is 0 Å². The lowest BCUT2D eigenvalue weighted by atomic mass is 10.1. The zero-order chi connectivity index (χ0) is 15.6. The van der Waals surface area contributed by atoms with Gasteiger partial charge in [0.15, 0.2) is 0 Å². The van der Waals surface area contributed by atoms with E-state index >= 15 is 0 Å². The van der Waals surface area contributed by atoms with Gasteiger partial charge in [-0.2, -0.15) is 0 Å². The van der Waals surface area contributed by atoms with E-state index in [1.165, 1.54) is 0 Å². The van der Waals surface area contributed by atoms with Crippen LogP contribution in [0.1, 0.15) is 31.8 Å². The van der Waals surface area contributed by atoms with Gasteiger partial charge in [0.05, 0.1) is 0 Å². The maximum Gasteiger partial charge on any atom is 0.352 e. The number of hydrogen-bond donors (Lipinski definition) is 2. The molecule has 0 aliphatic heterocycles. The van der Waals surface area contributed by atoms with Gasteiger partial charge in [-0.15, -0.1) is 0 Å². The van der Waals surface area contributed by atoms with E-state index in [1.807, 2.05) is 0 Å². The molecule has 0 aliphatic carbocycles. The summed E-state index contributed by atoms with van der Waals surface area (Å²) in [5, 5.41) is 0. The van der Waals surface area contributed by atoms with Crippen LogP contribution < -0.4 is 11.5 Å². The van der Waals surface area contributed by atoms with Gasteiger partial charge in [0, 0.05) is 0 Å². The Kier molecular flexibility index (Phi) is 4.16.